The largest absolute Gasteiger partial charge is 0.493 e. The van der Waals surface area contributed by atoms with E-state index in [9.17, 15) is 4.79 Å². The first-order valence-corrected chi connectivity index (χ1v) is 9.54. The van der Waals surface area contributed by atoms with Crippen LogP contribution in [0.25, 0.3) is 0 Å². The molecular weight excluding hydrogens is 300 g/mol. The van der Waals surface area contributed by atoms with E-state index in [-0.39, 0.29) is 5.91 Å². The minimum atomic E-state index is 0.144. The molecule has 0 saturated carbocycles. The zero-order valence-corrected chi connectivity index (χ0v) is 14.9. The van der Waals surface area contributed by atoms with Gasteiger partial charge in [-0.2, -0.15) is 0 Å². The van der Waals surface area contributed by atoms with E-state index in [0.29, 0.717) is 24.0 Å². The van der Waals surface area contributed by atoms with Gasteiger partial charge in [0.2, 0.25) is 0 Å². The van der Waals surface area contributed by atoms with Gasteiger partial charge >= 0.3 is 0 Å². The fourth-order valence-electron chi connectivity index (χ4n) is 3.99. The lowest BCUT2D eigenvalue weighted by Gasteiger charge is -2.37. The molecule has 132 valence electrons. The molecule has 1 atom stereocenters. The van der Waals surface area contributed by atoms with Crippen LogP contribution in [0, 0.1) is 0 Å². The number of ether oxygens (including phenoxy) is 1. The summed E-state index contributed by atoms with van der Waals surface area (Å²) in [6.45, 7) is 7.01. The normalized spacial score (nSPS) is 21.9. The Morgan fingerprint density at radius 1 is 1.12 bits per heavy atom. The van der Waals surface area contributed by atoms with Crippen molar-refractivity contribution in [1.82, 2.24) is 9.80 Å². The molecule has 2 fully saturated rings. The van der Waals surface area contributed by atoms with Crippen molar-refractivity contribution in [1.29, 1.82) is 0 Å². The second kappa shape index (κ2) is 8.52. The fourth-order valence-corrected chi connectivity index (χ4v) is 3.99. The Hall–Kier alpha value is -1.55. The summed E-state index contributed by atoms with van der Waals surface area (Å²) in [6, 6.07) is 8.04. The Kier molecular flexibility index (Phi) is 6.13. The maximum absolute atomic E-state index is 13.1. The van der Waals surface area contributed by atoms with Crippen molar-refractivity contribution < 1.29 is 9.53 Å². The number of hydrogen-bond acceptors (Lipinski definition) is 3. The van der Waals surface area contributed by atoms with Crippen LogP contribution in [-0.2, 0) is 0 Å². The third-order valence-electron chi connectivity index (χ3n) is 5.28. The molecule has 0 N–H and O–H groups in total. The summed E-state index contributed by atoms with van der Waals surface area (Å²) in [6.07, 6.45) is 7.24. The molecule has 0 aliphatic carbocycles. The molecule has 3 rings (SSSR count). The Bertz CT molecular complexity index is 540. The van der Waals surface area contributed by atoms with E-state index in [1.807, 2.05) is 31.2 Å². The van der Waals surface area contributed by atoms with Crippen molar-refractivity contribution in [3.8, 4) is 5.75 Å². The minimum Gasteiger partial charge on any atom is -0.493 e. The molecule has 1 aromatic carbocycles. The van der Waals surface area contributed by atoms with Gasteiger partial charge in [0, 0.05) is 19.1 Å². The number of likely N-dealkylation sites (tertiary alicyclic amines) is 2. The Balaban J connectivity index is 1.68. The molecule has 2 saturated heterocycles. The Morgan fingerprint density at radius 2 is 1.88 bits per heavy atom. The maximum Gasteiger partial charge on any atom is 0.257 e. The summed E-state index contributed by atoms with van der Waals surface area (Å²) >= 11 is 0. The first-order valence-electron chi connectivity index (χ1n) is 9.54. The molecule has 0 bridgehead atoms. The summed E-state index contributed by atoms with van der Waals surface area (Å²) in [7, 11) is 0. The van der Waals surface area contributed by atoms with Crippen LogP contribution >= 0.6 is 0 Å². The summed E-state index contributed by atoms with van der Waals surface area (Å²) in [4.78, 5) is 17.8. The first-order chi connectivity index (χ1) is 11.8. The van der Waals surface area contributed by atoms with Gasteiger partial charge in [-0.3, -0.25) is 4.79 Å². The van der Waals surface area contributed by atoms with E-state index >= 15 is 0 Å². The zero-order chi connectivity index (χ0) is 16.8. The summed E-state index contributed by atoms with van der Waals surface area (Å²) in [5.41, 5.74) is 0.715. The molecule has 0 spiro atoms. The Labute approximate surface area is 145 Å². The van der Waals surface area contributed by atoms with E-state index < -0.39 is 0 Å². The van der Waals surface area contributed by atoms with Gasteiger partial charge in [0.1, 0.15) is 5.75 Å². The highest BCUT2D eigenvalue weighted by atomic mass is 16.5. The molecule has 4 nitrogen and oxygen atoms in total. The van der Waals surface area contributed by atoms with Gasteiger partial charge < -0.3 is 14.5 Å². The van der Waals surface area contributed by atoms with Crippen LogP contribution < -0.4 is 4.74 Å². The minimum absolute atomic E-state index is 0.144. The molecule has 2 heterocycles. The molecule has 2 aliphatic rings. The van der Waals surface area contributed by atoms with Crippen LogP contribution in [0.3, 0.4) is 0 Å². The van der Waals surface area contributed by atoms with Gasteiger partial charge in [0.25, 0.3) is 5.91 Å². The number of para-hydroxylation sites is 1. The zero-order valence-electron chi connectivity index (χ0n) is 14.9. The number of rotatable bonds is 6. The standard InChI is InChI=1S/C20H30N2O2/c1-2-24-19-11-4-3-10-18(19)20(23)22-15-6-5-9-17(22)12-16-21-13-7-8-14-21/h3-4,10-11,17H,2,5-9,12-16H2,1H3/t17-/m1/s1. The van der Waals surface area contributed by atoms with Crippen LogP contribution in [0.4, 0.5) is 0 Å². The molecule has 4 heteroatoms. The first kappa shape index (κ1) is 17.3. The van der Waals surface area contributed by atoms with Gasteiger partial charge in [0.05, 0.1) is 12.2 Å². The van der Waals surface area contributed by atoms with Crippen LogP contribution in [0.15, 0.2) is 24.3 Å². The topological polar surface area (TPSA) is 32.8 Å². The van der Waals surface area contributed by atoms with Crippen molar-refractivity contribution >= 4 is 5.91 Å². The van der Waals surface area contributed by atoms with Gasteiger partial charge in [-0.15, -0.1) is 0 Å². The van der Waals surface area contributed by atoms with Gasteiger partial charge in [-0.1, -0.05) is 12.1 Å². The Morgan fingerprint density at radius 3 is 2.67 bits per heavy atom. The van der Waals surface area contributed by atoms with E-state index in [1.54, 1.807) is 0 Å². The van der Waals surface area contributed by atoms with Gasteiger partial charge in [-0.25, -0.2) is 0 Å². The molecule has 1 amide bonds. The molecule has 1 aromatic rings. The molecule has 0 radical (unpaired) electrons. The third kappa shape index (κ3) is 4.10. The van der Waals surface area contributed by atoms with Crippen molar-refractivity contribution in [2.75, 3.05) is 32.8 Å². The van der Waals surface area contributed by atoms with Gasteiger partial charge in [-0.05, 0) is 70.7 Å². The lowest BCUT2D eigenvalue weighted by atomic mass is 9.97. The summed E-state index contributed by atoms with van der Waals surface area (Å²) in [5.74, 6) is 0.860. The molecule has 0 aromatic heterocycles. The number of nitrogens with zero attached hydrogens (tertiary/aromatic N) is 2. The number of carbonyl (C=O) groups is 1. The summed E-state index contributed by atoms with van der Waals surface area (Å²) < 4.78 is 5.67. The quantitative estimate of drug-likeness (QED) is 0.799. The van der Waals surface area contributed by atoms with E-state index in [2.05, 4.69) is 9.80 Å². The number of piperidine rings is 1. The van der Waals surface area contributed by atoms with Crippen molar-refractivity contribution in [2.24, 2.45) is 0 Å². The predicted molar refractivity (Wildman–Crippen MR) is 96.6 cm³/mol. The monoisotopic (exact) mass is 330 g/mol. The predicted octanol–water partition coefficient (Wildman–Crippen LogP) is 3.57. The number of hydrogen-bond donors (Lipinski definition) is 0. The molecule has 2 aliphatic heterocycles. The second-order valence-electron chi connectivity index (χ2n) is 6.91. The smallest absolute Gasteiger partial charge is 0.257 e. The SMILES string of the molecule is CCOc1ccccc1C(=O)N1CCCC[C@@H]1CCN1CCCC1. The van der Waals surface area contributed by atoms with Crippen molar-refractivity contribution in [2.45, 2.75) is 51.5 Å². The number of benzene rings is 1. The molecule has 24 heavy (non-hydrogen) atoms. The average Bonchev–Trinajstić information content (AvgIpc) is 3.14. The lowest BCUT2D eigenvalue weighted by molar-refractivity contribution is 0.0584. The van der Waals surface area contributed by atoms with Crippen LogP contribution in [0.5, 0.6) is 5.75 Å². The van der Waals surface area contributed by atoms with Gasteiger partial charge in [0.15, 0.2) is 0 Å². The van der Waals surface area contributed by atoms with Crippen molar-refractivity contribution in [3.05, 3.63) is 29.8 Å². The van der Waals surface area contributed by atoms with E-state index in [4.69, 9.17) is 4.74 Å². The molecular formula is C20H30N2O2. The lowest BCUT2D eigenvalue weighted by Crippen LogP contribution is -2.45. The maximum atomic E-state index is 13.1. The van der Waals surface area contributed by atoms with E-state index in [0.717, 1.165) is 32.4 Å². The highest BCUT2D eigenvalue weighted by Crippen LogP contribution is 2.26. The number of carbonyl (C=O) groups excluding carboxylic acids is 1. The third-order valence-corrected chi connectivity index (χ3v) is 5.28. The molecule has 0 unspecified atom stereocenters. The fraction of sp³-hybridized carbons (Fsp3) is 0.650. The van der Waals surface area contributed by atoms with Crippen molar-refractivity contribution in [3.63, 3.8) is 0 Å². The van der Waals surface area contributed by atoms with Crippen LogP contribution in [0.2, 0.25) is 0 Å². The summed E-state index contributed by atoms with van der Waals surface area (Å²) in [5, 5.41) is 0. The van der Waals surface area contributed by atoms with Crippen LogP contribution in [-0.4, -0.2) is 54.5 Å². The second-order valence-corrected chi connectivity index (χ2v) is 6.91. The van der Waals surface area contributed by atoms with Crippen LogP contribution in [0.1, 0.15) is 55.8 Å². The van der Waals surface area contributed by atoms with E-state index in [1.165, 1.54) is 32.4 Å². The highest BCUT2D eigenvalue weighted by molar-refractivity contribution is 5.97. The number of amides is 1. The average molecular weight is 330 g/mol. The highest BCUT2D eigenvalue weighted by Gasteiger charge is 2.29.